The largest absolute Gasteiger partial charge is 0.299 e. The fourth-order valence-corrected chi connectivity index (χ4v) is 3.08. The summed E-state index contributed by atoms with van der Waals surface area (Å²) in [5.74, 6) is 0.528. The van der Waals surface area contributed by atoms with Crippen molar-refractivity contribution in [3.8, 4) is 0 Å². The third kappa shape index (κ3) is 1.25. The van der Waals surface area contributed by atoms with Crippen LogP contribution >= 0.6 is 0 Å². The minimum Gasteiger partial charge on any atom is -0.299 e. The van der Waals surface area contributed by atoms with Gasteiger partial charge in [-0.3, -0.25) is 4.79 Å². The molecule has 2 rings (SSSR count). The van der Waals surface area contributed by atoms with E-state index >= 15 is 0 Å². The quantitative estimate of drug-likeness (QED) is 0.520. The topological polar surface area (TPSA) is 17.1 Å². The first-order valence-corrected chi connectivity index (χ1v) is 5.48. The smallest absolute Gasteiger partial charge is 0.143 e. The van der Waals surface area contributed by atoms with E-state index in [0.29, 0.717) is 5.78 Å². The molecule has 72 valence electrons. The van der Waals surface area contributed by atoms with Gasteiger partial charge >= 0.3 is 0 Å². The van der Waals surface area contributed by atoms with Crippen LogP contribution in [0.15, 0.2) is 11.6 Å². The molecule has 0 aromatic carbocycles. The van der Waals surface area contributed by atoms with Gasteiger partial charge in [0.05, 0.1) is 0 Å². The lowest BCUT2D eigenvalue weighted by atomic mass is 9.70. The van der Waals surface area contributed by atoms with Crippen molar-refractivity contribution in [2.75, 3.05) is 0 Å². The highest BCUT2D eigenvalue weighted by atomic mass is 16.1. The number of hydrogen-bond acceptors (Lipinski definition) is 1. The van der Waals surface area contributed by atoms with Gasteiger partial charge in [-0.15, -0.1) is 0 Å². The predicted octanol–water partition coefficient (Wildman–Crippen LogP) is 3.25. The number of rotatable bonds is 0. The molecule has 1 nitrogen and oxygen atoms in total. The van der Waals surface area contributed by atoms with Crippen LogP contribution in [0.1, 0.15) is 51.9 Å². The Hall–Kier alpha value is -0.590. The second-order valence-electron chi connectivity index (χ2n) is 4.38. The van der Waals surface area contributed by atoms with Crippen molar-refractivity contribution < 1.29 is 4.79 Å². The molecule has 0 bridgehead atoms. The van der Waals surface area contributed by atoms with E-state index in [9.17, 15) is 4.79 Å². The van der Waals surface area contributed by atoms with Gasteiger partial charge in [0.2, 0.25) is 0 Å². The number of carbonyl (C=O) groups excluding carboxylic acids is 1. The molecule has 0 N–H and O–H groups in total. The van der Waals surface area contributed by atoms with E-state index in [1.807, 2.05) is 0 Å². The van der Waals surface area contributed by atoms with Crippen molar-refractivity contribution >= 4 is 5.78 Å². The van der Waals surface area contributed by atoms with Crippen molar-refractivity contribution in [1.29, 1.82) is 0 Å². The Bertz CT molecular complexity index is 244. The monoisotopic (exact) mass is 178 g/mol. The molecule has 0 saturated heterocycles. The van der Waals surface area contributed by atoms with E-state index < -0.39 is 0 Å². The molecule has 1 spiro atoms. The molecular formula is C12H18O. The summed E-state index contributed by atoms with van der Waals surface area (Å²) in [7, 11) is 0. The van der Waals surface area contributed by atoms with E-state index in [0.717, 1.165) is 25.7 Å². The van der Waals surface area contributed by atoms with Crippen LogP contribution in [0.25, 0.3) is 0 Å². The minimum atomic E-state index is 0.0208. The van der Waals surface area contributed by atoms with Gasteiger partial charge in [-0.05, 0) is 26.2 Å². The van der Waals surface area contributed by atoms with Crippen LogP contribution in [0.4, 0.5) is 0 Å². The molecule has 2 fully saturated rings. The van der Waals surface area contributed by atoms with Gasteiger partial charge in [0.15, 0.2) is 0 Å². The number of hydrogen-bond donors (Lipinski definition) is 0. The lowest BCUT2D eigenvalue weighted by molar-refractivity contribution is -0.125. The molecule has 1 heteroatoms. The van der Waals surface area contributed by atoms with E-state index in [1.165, 1.54) is 24.8 Å². The lowest BCUT2D eigenvalue weighted by Gasteiger charge is -2.33. The van der Waals surface area contributed by atoms with Crippen LogP contribution in [0.5, 0.6) is 0 Å². The Kier molecular flexibility index (Phi) is 2.27. The van der Waals surface area contributed by atoms with Crippen molar-refractivity contribution in [3.63, 3.8) is 0 Å². The first-order chi connectivity index (χ1) is 6.29. The normalized spacial score (nSPS) is 30.2. The molecule has 13 heavy (non-hydrogen) atoms. The van der Waals surface area contributed by atoms with Gasteiger partial charge in [0, 0.05) is 11.8 Å². The summed E-state index contributed by atoms with van der Waals surface area (Å²) in [6.07, 6.45) is 10.1. The molecule has 2 saturated carbocycles. The second kappa shape index (κ2) is 3.28. The highest BCUT2D eigenvalue weighted by Crippen LogP contribution is 2.49. The van der Waals surface area contributed by atoms with Gasteiger partial charge in [-0.25, -0.2) is 0 Å². The molecule has 0 atom stereocenters. The summed E-state index contributed by atoms with van der Waals surface area (Å²) in [6, 6.07) is 0. The number of Topliss-reactive ketones (excluding diaryl/α,β-unsaturated/α-hetero) is 1. The molecule has 0 aliphatic heterocycles. The van der Waals surface area contributed by atoms with Gasteiger partial charge < -0.3 is 0 Å². The molecule has 0 aromatic rings. The Morgan fingerprint density at radius 1 is 1.15 bits per heavy atom. The maximum absolute atomic E-state index is 11.9. The Morgan fingerprint density at radius 3 is 2.46 bits per heavy atom. The molecule has 0 radical (unpaired) electrons. The molecular weight excluding hydrogens is 160 g/mol. The van der Waals surface area contributed by atoms with Crippen molar-refractivity contribution in [2.45, 2.75) is 51.9 Å². The number of carbonyl (C=O) groups is 1. The minimum absolute atomic E-state index is 0.0208. The van der Waals surface area contributed by atoms with Crippen molar-refractivity contribution in [2.24, 2.45) is 5.41 Å². The van der Waals surface area contributed by atoms with Crippen molar-refractivity contribution in [3.05, 3.63) is 11.6 Å². The summed E-state index contributed by atoms with van der Waals surface area (Å²) in [4.78, 5) is 11.9. The summed E-state index contributed by atoms with van der Waals surface area (Å²) in [5.41, 5.74) is 1.46. The van der Waals surface area contributed by atoms with Crippen LogP contribution in [0, 0.1) is 5.41 Å². The molecule has 0 amide bonds. The summed E-state index contributed by atoms with van der Waals surface area (Å²) in [5, 5.41) is 0. The fourth-order valence-electron chi connectivity index (χ4n) is 3.08. The Morgan fingerprint density at radius 2 is 1.85 bits per heavy atom. The standard InChI is InChI=1S/C12H18O/c1-2-10-6-7-11(13)12(10)8-4-3-5-9-12/h2H,3-9H2,1H3. The van der Waals surface area contributed by atoms with Crippen LogP contribution in [0.2, 0.25) is 0 Å². The maximum atomic E-state index is 11.9. The van der Waals surface area contributed by atoms with E-state index in [2.05, 4.69) is 13.0 Å². The predicted molar refractivity (Wildman–Crippen MR) is 53.5 cm³/mol. The van der Waals surface area contributed by atoms with Crippen molar-refractivity contribution in [1.82, 2.24) is 0 Å². The zero-order valence-electron chi connectivity index (χ0n) is 8.44. The van der Waals surface area contributed by atoms with Crippen LogP contribution in [-0.2, 0) is 4.79 Å². The SMILES string of the molecule is CC=C1CCC(=O)C12CCCCC2. The zero-order valence-corrected chi connectivity index (χ0v) is 8.44. The Labute approximate surface area is 80.2 Å². The average molecular weight is 178 g/mol. The summed E-state index contributed by atoms with van der Waals surface area (Å²) < 4.78 is 0. The van der Waals surface area contributed by atoms with Gasteiger partial charge in [-0.2, -0.15) is 0 Å². The van der Waals surface area contributed by atoms with E-state index in [1.54, 1.807) is 0 Å². The van der Waals surface area contributed by atoms with Crippen LogP contribution < -0.4 is 0 Å². The van der Waals surface area contributed by atoms with Crippen LogP contribution in [0.3, 0.4) is 0 Å². The zero-order chi connectivity index (χ0) is 9.31. The lowest BCUT2D eigenvalue weighted by Crippen LogP contribution is -2.29. The van der Waals surface area contributed by atoms with E-state index in [-0.39, 0.29) is 5.41 Å². The highest BCUT2D eigenvalue weighted by molar-refractivity contribution is 5.91. The van der Waals surface area contributed by atoms with Gasteiger partial charge in [0.1, 0.15) is 5.78 Å². The van der Waals surface area contributed by atoms with Gasteiger partial charge in [-0.1, -0.05) is 30.9 Å². The summed E-state index contributed by atoms with van der Waals surface area (Å²) in [6.45, 7) is 2.09. The first kappa shape index (κ1) is 8.98. The highest BCUT2D eigenvalue weighted by Gasteiger charge is 2.45. The number of ketones is 1. The summed E-state index contributed by atoms with van der Waals surface area (Å²) >= 11 is 0. The Balaban J connectivity index is 2.30. The molecule has 2 aliphatic rings. The first-order valence-electron chi connectivity index (χ1n) is 5.48. The molecule has 0 aromatic heterocycles. The average Bonchev–Trinajstić information content (AvgIpc) is 2.46. The van der Waals surface area contributed by atoms with Gasteiger partial charge in [0.25, 0.3) is 0 Å². The molecule has 0 unspecified atom stereocenters. The van der Waals surface area contributed by atoms with Crippen LogP contribution in [-0.4, -0.2) is 5.78 Å². The maximum Gasteiger partial charge on any atom is 0.143 e. The fraction of sp³-hybridized carbons (Fsp3) is 0.750. The second-order valence-corrected chi connectivity index (χ2v) is 4.38. The number of allylic oxidation sites excluding steroid dienone is 2. The molecule has 0 heterocycles. The van der Waals surface area contributed by atoms with E-state index in [4.69, 9.17) is 0 Å². The molecule has 2 aliphatic carbocycles. The third-order valence-corrected chi connectivity index (χ3v) is 3.83. The third-order valence-electron chi connectivity index (χ3n) is 3.83.